The highest BCUT2D eigenvalue weighted by Gasteiger charge is 2.29. The molecule has 2 aromatic carbocycles. The lowest BCUT2D eigenvalue weighted by atomic mass is 10.0. The van der Waals surface area contributed by atoms with Gasteiger partial charge in [0.2, 0.25) is 29.5 Å². The Morgan fingerprint density at radius 2 is 1.26 bits per heavy atom. The molecule has 2 rings (SSSR count). The molecule has 0 aromatic heterocycles. The van der Waals surface area contributed by atoms with Gasteiger partial charge in [-0.1, -0.05) is 60.7 Å². The van der Waals surface area contributed by atoms with Crippen LogP contribution in [0, 0.1) is 0 Å². The SMILES string of the molecule is NCCCC[C@H](NC(=O)[C@H](Cc1ccccc1)NC(=O)CCc1ccccc1)C(=O)N[C@@H](CC(N)=O)C(N)=O. The second-order valence-electron chi connectivity index (χ2n) is 9.28. The zero-order valence-electron chi connectivity index (χ0n) is 21.9. The number of hydrogen-bond donors (Lipinski definition) is 6. The van der Waals surface area contributed by atoms with Crippen molar-refractivity contribution in [2.24, 2.45) is 17.2 Å². The maximum absolute atomic E-state index is 13.4. The predicted octanol–water partition coefficient (Wildman–Crippen LogP) is -0.194. The molecule has 0 unspecified atom stereocenters. The predicted molar refractivity (Wildman–Crippen MR) is 147 cm³/mol. The van der Waals surface area contributed by atoms with Crippen LogP contribution in [0.15, 0.2) is 60.7 Å². The molecule has 0 spiro atoms. The summed E-state index contributed by atoms with van der Waals surface area (Å²) < 4.78 is 0. The second-order valence-corrected chi connectivity index (χ2v) is 9.28. The van der Waals surface area contributed by atoms with E-state index in [0.29, 0.717) is 25.8 Å². The van der Waals surface area contributed by atoms with Gasteiger partial charge >= 0.3 is 0 Å². The normalized spacial score (nSPS) is 12.9. The fourth-order valence-electron chi connectivity index (χ4n) is 3.96. The summed E-state index contributed by atoms with van der Waals surface area (Å²) >= 11 is 0. The quantitative estimate of drug-likeness (QED) is 0.151. The van der Waals surface area contributed by atoms with Crippen molar-refractivity contribution in [3.63, 3.8) is 0 Å². The van der Waals surface area contributed by atoms with Gasteiger partial charge in [0.25, 0.3) is 0 Å². The molecule has 3 atom stereocenters. The number of unbranched alkanes of at least 4 members (excludes halogenated alkanes) is 1. The van der Waals surface area contributed by atoms with Gasteiger partial charge in [0.05, 0.1) is 6.42 Å². The first kappa shape index (κ1) is 31.0. The molecule has 0 radical (unpaired) electrons. The van der Waals surface area contributed by atoms with E-state index in [-0.39, 0.29) is 25.2 Å². The molecule has 5 amide bonds. The van der Waals surface area contributed by atoms with Crippen molar-refractivity contribution >= 4 is 29.5 Å². The summed E-state index contributed by atoms with van der Waals surface area (Å²) in [5, 5.41) is 7.89. The third kappa shape index (κ3) is 11.8. The third-order valence-corrected chi connectivity index (χ3v) is 6.06. The summed E-state index contributed by atoms with van der Waals surface area (Å²) in [7, 11) is 0. The Kier molecular flexibility index (Phi) is 13.2. The monoisotopic (exact) mass is 538 g/mol. The molecule has 210 valence electrons. The number of carbonyl (C=O) groups is 5. The van der Waals surface area contributed by atoms with Crippen LogP contribution in [0.25, 0.3) is 0 Å². The van der Waals surface area contributed by atoms with Crippen LogP contribution in [-0.2, 0) is 36.8 Å². The van der Waals surface area contributed by atoms with Gasteiger partial charge in [-0.05, 0) is 43.4 Å². The molecule has 0 aliphatic heterocycles. The summed E-state index contributed by atoms with van der Waals surface area (Å²) in [6.45, 7) is 0.391. The van der Waals surface area contributed by atoms with Crippen LogP contribution in [0.1, 0.15) is 43.2 Å². The van der Waals surface area contributed by atoms with Crippen LogP contribution in [0.2, 0.25) is 0 Å². The van der Waals surface area contributed by atoms with E-state index in [2.05, 4.69) is 16.0 Å². The Morgan fingerprint density at radius 1 is 0.692 bits per heavy atom. The number of nitrogens with one attached hydrogen (secondary N) is 3. The molecule has 0 aliphatic carbocycles. The van der Waals surface area contributed by atoms with Crippen molar-refractivity contribution in [1.82, 2.24) is 16.0 Å². The van der Waals surface area contributed by atoms with Gasteiger partial charge in [0.15, 0.2) is 0 Å². The summed E-state index contributed by atoms with van der Waals surface area (Å²) in [6.07, 6.45) is 1.74. The van der Waals surface area contributed by atoms with E-state index in [0.717, 1.165) is 11.1 Å². The molecule has 0 saturated heterocycles. The maximum atomic E-state index is 13.4. The number of aryl methyl sites for hydroxylation is 1. The highest BCUT2D eigenvalue weighted by atomic mass is 16.2. The number of primary amides is 2. The molecule has 11 nitrogen and oxygen atoms in total. The molecule has 0 saturated carbocycles. The Hall–Kier alpha value is -4.25. The van der Waals surface area contributed by atoms with Gasteiger partial charge in [0.1, 0.15) is 18.1 Å². The topological polar surface area (TPSA) is 200 Å². The van der Waals surface area contributed by atoms with Crippen molar-refractivity contribution < 1.29 is 24.0 Å². The van der Waals surface area contributed by atoms with Gasteiger partial charge in [-0.2, -0.15) is 0 Å². The van der Waals surface area contributed by atoms with Crippen LogP contribution < -0.4 is 33.2 Å². The van der Waals surface area contributed by atoms with Crippen LogP contribution in [0.5, 0.6) is 0 Å². The second kappa shape index (κ2) is 16.6. The van der Waals surface area contributed by atoms with Crippen molar-refractivity contribution in [1.29, 1.82) is 0 Å². The maximum Gasteiger partial charge on any atom is 0.243 e. The fourth-order valence-corrected chi connectivity index (χ4v) is 3.96. The fraction of sp³-hybridized carbons (Fsp3) is 0.393. The van der Waals surface area contributed by atoms with Crippen molar-refractivity contribution in [3.8, 4) is 0 Å². The van der Waals surface area contributed by atoms with Crippen LogP contribution >= 0.6 is 0 Å². The lowest BCUT2D eigenvalue weighted by molar-refractivity contribution is -0.134. The molecule has 2 aromatic rings. The first-order valence-corrected chi connectivity index (χ1v) is 12.9. The number of nitrogens with two attached hydrogens (primary N) is 3. The first-order valence-electron chi connectivity index (χ1n) is 12.9. The van der Waals surface area contributed by atoms with Gasteiger partial charge in [-0.3, -0.25) is 24.0 Å². The van der Waals surface area contributed by atoms with Crippen LogP contribution in [0.3, 0.4) is 0 Å². The van der Waals surface area contributed by atoms with Crippen molar-refractivity contribution in [3.05, 3.63) is 71.8 Å². The van der Waals surface area contributed by atoms with Gasteiger partial charge < -0.3 is 33.2 Å². The lowest BCUT2D eigenvalue weighted by Gasteiger charge is -2.25. The largest absolute Gasteiger partial charge is 0.370 e. The molecular weight excluding hydrogens is 500 g/mol. The zero-order chi connectivity index (χ0) is 28.6. The lowest BCUT2D eigenvalue weighted by Crippen LogP contribution is -2.57. The first-order chi connectivity index (χ1) is 18.7. The average molecular weight is 539 g/mol. The Bertz CT molecular complexity index is 1100. The van der Waals surface area contributed by atoms with Gasteiger partial charge in [0, 0.05) is 12.8 Å². The number of carbonyl (C=O) groups excluding carboxylic acids is 5. The Labute approximate surface area is 228 Å². The molecule has 0 bridgehead atoms. The molecule has 0 fully saturated rings. The van der Waals surface area contributed by atoms with Crippen LogP contribution in [-0.4, -0.2) is 54.2 Å². The Balaban J connectivity index is 2.16. The number of hydrogen-bond acceptors (Lipinski definition) is 6. The van der Waals surface area contributed by atoms with E-state index in [1.54, 1.807) is 0 Å². The minimum atomic E-state index is -1.32. The minimum absolute atomic E-state index is 0.177. The van der Waals surface area contributed by atoms with E-state index >= 15 is 0 Å². The molecule has 0 heterocycles. The van der Waals surface area contributed by atoms with Crippen molar-refractivity contribution in [2.45, 2.75) is 63.1 Å². The van der Waals surface area contributed by atoms with Gasteiger partial charge in [-0.25, -0.2) is 0 Å². The molecular formula is C28H38N6O5. The smallest absolute Gasteiger partial charge is 0.243 e. The van der Waals surface area contributed by atoms with Gasteiger partial charge in [-0.15, -0.1) is 0 Å². The molecule has 11 heteroatoms. The molecule has 39 heavy (non-hydrogen) atoms. The van der Waals surface area contributed by atoms with E-state index in [1.807, 2.05) is 60.7 Å². The zero-order valence-corrected chi connectivity index (χ0v) is 21.9. The highest BCUT2D eigenvalue weighted by molar-refractivity contribution is 5.95. The average Bonchev–Trinajstić information content (AvgIpc) is 2.91. The summed E-state index contributed by atoms with van der Waals surface area (Å²) in [6, 6.07) is 15.3. The highest BCUT2D eigenvalue weighted by Crippen LogP contribution is 2.08. The van der Waals surface area contributed by atoms with Crippen LogP contribution in [0.4, 0.5) is 0 Å². The number of rotatable bonds is 17. The van der Waals surface area contributed by atoms with E-state index in [4.69, 9.17) is 17.2 Å². The minimum Gasteiger partial charge on any atom is -0.370 e. The molecule has 9 N–H and O–H groups in total. The standard InChI is InChI=1S/C28H38N6O5/c29-16-8-7-13-21(27(38)34-22(26(31)37)18-24(30)35)33-28(39)23(17-20-11-5-2-6-12-20)32-25(36)15-14-19-9-3-1-4-10-19/h1-6,9-12,21-23H,7-8,13-18,29H2,(H2,30,35)(H2,31,37)(H,32,36)(H,33,39)(H,34,38)/t21-,22-,23-/m0/s1. The van der Waals surface area contributed by atoms with E-state index < -0.39 is 48.2 Å². The summed E-state index contributed by atoms with van der Waals surface area (Å²) in [4.78, 5) is 62.3. The number of amides is 5. The third-order valence-electron chi connectivity index (χ3n) is 6.06. The Morgan fingerprint density at radius 3 is 1.82 bits per heavy atom. The number of benzene rings is 2. The van der Waals surface area contributed by atoms with Crippen molar-refractivity contribution in [2.75, 3.05) is 6.54 Å². The van der Waals surface area contributed by atoms with E-state index in [9.17, 15) is 24.0 Å². The molecule has 0 aliphatic rings. The summed E-state index contributed by atoms with van der Waals surface area (Å²) in [5.74, 6) is -3.32. The van der Waals surface area contributed by atoms with E-state index in [1.165, 1.54) is 0 Å². The summed E-state index contributed by atoms with van der Waals surface area (Å²) in [5.41, 5.74) is 17.9.